The van der Waals surface area contributed by atoms with Gasteiger partial charge in [-0.05, 0) is 87.4 Å². The van der Waals surface area contributed by atoms with Crippen molar-refractivity contribution in [2.45, 2.75) is 117 Å². The molecule has 2 rings (SSSR count). The lowest BCUT2D eigenvalue weighted by atomic mass is 9.56. The van der Waals surface area contributed by atoms with Crippen molar-refractivity contribution in [3.8, 4) is 0 Å². The van der Waals surface area contributed by atoms with Gasteiger partial charge < -0.3 is 10.2 Å². The molecule has 4 unspecified atom stereocenters. The Kier molecular flexibility index (Phi) is 7.64. The van der Waals surface area contributed by atoms with E-state index in [2.05, 4.69) is 39.8 Å². The Morgan fingerprint density at radius 3 is 2.37 bits per heavy atom. The molecule has 0 radical (unpaired) electrons. The Morgan fingerprint density at radius 2 is 1.74 bits per heavy atom. The maximum Gasteiger partial charge on any atom is 0.0626 e. The van der Waals surface area contributed by atoms with Crippen molar-refractivity contribution in [3.63, 3.8) is 0 Å². The Labute approximate surface area is 168 Å². The highest BCUT2D eigenvalue weighted by atomic mass is 16.3. The van der Waals surface area contributed by atoms with Crippen LogP contribution in [0.3, 0.4) is 0 Å². The minimum absolute atomic E-state index is 0.0839. The van der Waals surface area contributed by atoms with E-state index in [0.717, 1.165) is 25.2 Å². The largest absolute Gasteiger partial charge is 0.393 e. The van der Waals surface area contributed by atoms with E-state index in [9.17, 15) is 10.2 Å². The SMILES string of the molecule is CC(C)CCCC(C)(C/C=C\CC(C)(C)O)[C@H]1CCC2C(O)CCCC21C. The molecule has 2 fully saturated rings. The third-order valence-electron chi connectivity index (χ3n) is 7.83. The van der Waals surface area contributed by atoms with Crippen LogP contribution in [-0.2, 0) is 0 Å². The summed E-state index contributed by atoms with van der Waals surface area (Å²) in [6.07, 6.45) is 16.1. The number of rotatable bonds is 9. The molecule has 0 spiro atoms. The van der Waals surface area contributed by atoms with Crippen LogP contribution in [0.2, 0.25) is 0 Å². The van der Waals surface area contributed by atoms with Crippen LogP contribution in [-0.4, -0.2) is 21.9 Å². The standard InChI is InChI=1S/C25H46O2/c1-19(2)11-9-17-24(5,16-8-7-15-23(3,4)27)22-14-13-20-21(26)12-10-18-25(20,22)6/h7-8,19-22,26-27H,9-18H2,1-6H3/b8-7-/t20?,21?,22-,24?,25?/m1/s1. The normalized spacial score (nSPS) is 34.2. The van der Waals surface area contributed by atoms with Gasteiger partial charge in [-0.15, -0.1) is 0 Å². The zero-order valence-electron chi connectivity index (χ0n) is 18.9. The molecular formula is C25H46O2. The van der Waals surface area contributed by atoms with Gasteiger partial charge in [0.05, 0.1) is 11.7 Å². The van der Waals surface area contributed by atoms with Gasteiger partial charge in [0.25, 0.3) is 0 Å². The fourth-order valence-corrected chi connectivity index (χ4v) is 6.35. The molecule has 0 aromatic heterocycles. The van der Waals surface area contributed by atoms with Crippen molar-refractivity contribution in [3.05, 3.63) is 12.2 Å². The second-order valence-corrected chi connectivity index (χ2v) is 11.3. The van der Waals surface area contributed by atoms with Crippen molar-refractivity contribution < 1.29 is 10.2 Å². The molecule has 0 aromatic carbocycles. The number of allylic oxidation sites excluding steroid dienone is 1. The van der Waals surface area contributed by atoms with Crippen LogP contribution in [0, 0.1) is 28.6 Å². The summed E-state index contributed by atoms with van der Waals surface area (Å²) in [5, 5.41) is 20.6. The fourth-order valence-electron chi connectivity index (χ4n) is 6.35. The lowest BCUT2D eigenvalue weighted by Gasteiger charge is -2.50. The van der Waals surface area contributed by atoms with Crippen LogP contribution in [0.25, 0.3) is 0 Å². The summed E-state index contributed by atoms with van der Waals surface area (Å²) in [4.78, 5) is 0. The van der Waals surface area contributed by atoms with Gasteiger partial charge >= 0.3 is 0 Å². The molecule has 2 aliphatic carbocycles. The van der Waals surface area contributed by atoms with Gasteiger partial charge in [-0.25, -0.2) is 0 Å². The molecule has 0 bridgehead atoms. The fraction of sp³-hybridized carbons (Fsp3) is 0.920. The van der Waals surface area contributed by atoms with Gasteiger partial charge in [-0.2, -0.15) is 0 Å². The third-order valence-corrected chi connectivity index (χ3v) is 7.83. The van der Waals surface area contributed by atoms with E-state index >= 15 is 0 Å². The van der Waals surface area contributed by atoms with E-state index in [4.69, 9.17) is 0 Å². The summed E-state index contributed by atoms with van der Waals surface area (Å²) in [5.74, 6) is 1.97. The quantitative estimate of drug-likeness (QED) is 0.449. The number of aliphatic hydroxyl groups is 2. The molecule has 2 saturated carbocycles. The molecule has 0 aromatic rings. The Hall–Kier alpha value is -0.340. The number of hydrogen-bond donors (Lipinski definition) is 2. The topological polar surface area (TPSA) is 40.5 Å². The number of fused-ring (bicyclic) bond motifs is 1. The van der Waals surface area contributed by atoms with Crippen LogP contribution < -0.4 is 0 Å². The van der Waals surface area contributed by atoms with E-state index < -0.39 is 5.60 Å². The Bertz CT molecular complexity index is 489. The number of hydrogen-bond acceptors (Lipinski definition) is 2. The Morgan fingerprint density at radius 1 is 1.07 bits per heavy atom. The van der Waals surface area contributed by atoms with Crippen LogP contribution >= 0.6 is 0 Å². The molecule has 0 amide bonds. The predicted octanol–water partition coefficient (Wildman–Crippen LogP) is 6.50. The van der Waals surface area contributed by atoms with Gasteiger partial charge in [0, 0.05) is 0 Å². The molecule has 0 saturated heterocycles. The van der Waals surface area contributed by atoms with Crippen LogP contribution in [0.4, 0.5) is 0 Å². The lowest BCUT2D eigenvalue weighted by Crippen LogP contribution is -2.44. The summed E-state index contributed by atoms with van der Waals surface area (Å²) in [6, 6.07) is 0. The molecule has 158 valence electrons. The van der Waals surface area contributed by atoms with Crippen molar-refractivity contribution >= 4 is 0 Å². The minimum atomic E-state index is -0.623. The average Bonchev–Trinajstić information content (AvgIpc) is 2.89. The molecule has 2 N–H and O–H groups in total. The maximum atomic E-state index is 10.6. The molecule has 5 atom stereocenters. The minimum Gasteiger partial charge on any atom is -0.393 e. The first-order valence-corrected chi connectivity index (χ1v) is 11.5. The summed E-state index contributed by atoms with van der Waals surface area (Å²) >= 11 is 0. The summed E-state index contributed by atoms with van der Waals surface area (Å²) in [6.45, 7) is 13.4. The van der Waals surface area contributed by atoms with Crippen LogP contribution in [0.15, 0.2) is 12.2 Å². The first-order chi connectivity index (χ1) is 12.5. The van der Waals surface area contributed by atoms with Gasteiger partial charge in [0.15, 0.2) is 0 Å². The maximum absolute atomic E-state index is 10.6. The van der Waals surface area contributed by atoms with Gasteiger partial charge in [0.1, 0.15) is 0 Å². The summed E-state index contributed by atoms with van der Waals surface area (Å²) in [5.41, 5.74) is -0.0255. The summed E-state index contributed by atoms with van der Waals surface area (Å²) < 4.78 is 0. The highest BCUT2D eigenvalue weighted by molar-refractivity contribution is 5.07. The van der Waals surface area contributed by atoms with E-state index in [-0.39, 0.29) is 6.10 Å². The first-order valence-electron chi connectivity index (χ1n) is 11.5. The molecule has 0 heterocycles. The zero-order chi connectivity index (χ0) is 20.3. The van der Waals surface area contributed by atoms with Gasteiger partial charge in [-0.1, -0.05) is 59.1 Å². The van der Waals surface area contributed by atoms with E-state index in [1.165, 1.54) is 44.9 Å². The van der Waals surface area contributed by atoms with Crippen molar-refractivity contribution in [1.82, 2.24) is 0 Å². The monoisotopic (exact) mass is 378 g/mol. The second kappa shape index (κ2) is 8.99. The van der Waals surface area contributed by atoms with Crippen LogP contribution in [0.1, 0.15) is 106 Å². The van der Waals surface area contributed by atoms with Gasteiger partial charge in [-0.3, -0.25) is 0 Å². The lowest BCUT2D eigenvalue weighted by molar-refractivity contribution is -0.0490. The van der Waals surface area contributed by atoms with Gasteiger partial charge in [0.2, 0.25) is 0 Å². The average molecular weight is 379 g/mol. The van der Waals surface area contributed by atoms with E-state index in [0.29, 0.717) is 22.7 Å². The molecule has 2 heteroatoms. The second-order valence-electron chi connectivity index (χ2n) is 11.3. The van der Waals surface area contributed by atoms with E-state index in [1.807, 2.05) is 13.8 Å². The smallest absolute Gasteiger partial charge is 0.0626 e. The van der Waals surface area contributed by atoms with Crippen molar-refractivity contribution in [1.29, 1.82) is 0 Å². The molecular weight excluding hydrogens is 332 g/mol. The van der Waals surface area contributed by atoms with Crippen LogP contribution in [0.5, 0.6) is 0 Å². The predicted molar refractivity (Wildman–Crippen MR) is 116 cm³/mol. The molecule has 0 aliphatic heterocycles. The Balaban J connectivity index is 2.15. The highest BCUT2D eigenvalue weighted by Crippen LogP contribution is 2.62. The van der Waals surface area contributed by atoms with E-state index in [1.54, 1.807) is 0 Å². The van der Waals surface area contributed by atoms with Crippen molar-refractivity contribution in [2.24, 2.45) is 28.6 Å². The number of aliphatic hydroxyl groups excluding tert-OH is 1. The van der Waals surface area contributed by atoms with Crippen molar-refractivity contribution in [2.75, 3.05) is 0 Å². The summed E-state index contributed by atoms with van der Waals surface area (Å²) in [7, 11) is 0. The molecule has 2 nitrogen and oxygen atoms in total. The zero-order valence-corrected chi connectivity index (χ0v) is 18.9. The third kappa shape index (κ3) is 5.82. The molecule has 27 heavy (non-hydrogen) atoms. The highest BCUT2D eigenvalue weighted by Gasteiger charge is 2.55. The first kappa shape index (κ1) is 22.9. The molecule has 2 aliphatic rings.